The molecule has 0 saturated carbocycles. The molecule has 4 aromatic rings. The smallest absolute Gasteiger partial charge is 0.459 e. The van der Waals surface area contributed by atoms with E-state index in [9.17, 15) is 14.0 Å². The van der Waals surface area contributed by atoms with Gasteiger partial charge < -0.3 is 24.5 Å². The van der Waals surface area contributed by atoms with Gasteiger partial charge in [0.2, 0.25) is 0 Å². The number of hydrogen-bond donors (Lipinski definition) is 2. The first-order chi connectivity index (χ1) is 28.0. The Morgan fingerprint density at radius 3 is 2.43 bits per heavy atom. The molecule has 3 N–H and O–H groups in total. The van der Waals surface area contributed by atoms with Crippen LogP contribution in [-0.4, -0.2) is 62.4 Å². The summed E-state index contributed by atoms with van der Waals surface area (Å²) in [4.78, 5) is 38.8. The number of rotatable bonds is 23. The highest BCUT2D eigenvalue weighted by atomic mass is 31.2. The first-order valence-corrected chi connectivity index (χ1v) is 21.5. The third-order valence-electron chi connectivity index (χ3n) is 10.2. The molecule has 0 aliphatic carbocycles. The molecule has 58 heavy (non-hydrogen) atoms. The lowest BCUT2D eigenvalue weighted by molar-refractivity contribution is -0.158. The van der Waals surface area contributed by atoms with Gasteiger partial charge in [-0.05, 0) is 36.5 Å². The number of unbranched alkanes of at least 4 members (excludes halogenated alkanes) is 5. The number of nitrogen functional groups attached to an aromatic ring is 1. The predicted molar refractivity (Wildman–Crippen MR) is 217 cm³/mol. The van der Waals surface area contributed by atoms with Crippen LogP contribution in [-0.2, 0) is 39.3 Å². The highest BCUT2D eigenvalue weighted by Crippen LogP contribution is 2.49. The van der Waals surface area contributed by atoms with E-state index in [1.807, 2.05) is 44.2 Å². The number of nitrogens with one attached hydrogen (secondary N) is 1. The Hall–Kier alpha value is -4.87. The van der Waals surface area contributed by atoms with Crippen LogP contribution in [0.5, 0.6) is 5.75 Å². The monoisotopic (exact) mass is 820 g/mol. The Morgan fingerprint density at radius 2 is 1.74 bits per heavy atom. The van der Waals surface area contributed by atoms with Crippen LogP contribution >= 0.6 is 7.75 Å². The lowest BCUT2D eigenvalue weighted by atomic mass is 9.98. The second-order valence-corrected chi connectivity index (χ2v) is 16.1. The van der Waals surface area contributed by atoms with Gasteiger partial charge in [-0.1, -0.05) is 120 Å². The number of carbonyl (C=O) groups excluding carboxylic acids is 2. The summed E-state index contributed by atoms with van der Waals surface area (Å²) in [6.07, 6.45) is 11.9. The molecule has 0 amide bonds. The topological polar surface area (TPSA) is 179 Å². The fourth-order valence-corrected chi connectivity index (χ4v) is 8.20. The maximum atomic E-state index is 15.0. The molecule has 5 rings (SSSR count). The summed E-state index contributed by atoms with van der Waals surface area (Å²) in [6.45, 7) is 5.71. The summed E-state index contributed by atoms with van der Waals surface area (Å²) in [5.41, 5.74) is 4.98. The van der Waals surface area contributed by atoms with Crippen LogP contribution < -0.4 is 15.3 Å². The van der Waals surface area contributed by atoms with Crippen molar-refractivity contribution in [3.8, 4) is 18.1 Å². The van der Waals surface area contributed by atoms with Crippen molar-refractivity contribution in [2.45, 2.75) is 115 Å². The van der Waals surface area contributed by atoms with Gasteiger partial charge >= 0.3 is 25.8 Å². The molecule has 312 valence electrons. The van der Waals surface area contributed by atoms with E-state index in [4.69, 9.17) is 35.4 Å². The minimum Gasteiger partial charge on any atom is -0.464 e. The van der Waals surface area contributed by atoms with Gasteiger partial charge in [-0.15, -0.1) is 6.42 Å². The molecule has 0 spiro atoms. The van der Waals surface area contributed by atoms with E-state index >= 15 is 4.57 Å². The second-order valence-electron chi connectivity index (χ2n) is 14.4. The summed E-state index contributed by atoms with van der Waals surface area (Å²) in [5, 5.41) is 2.85. The minimum absolute atomic E-state index is 0.0243. The summed E-state index contributed by atoms with van der Waals surface area (Å²) in [7, 11) is -4.55. The second kappa shape index (κ2) is 21.2. The number of fused-ring (bicyclic) bond motifs is 1. The lowest BCUT2D eigenvalue weighted by Crippen LogP contribution is -2.46. The maximum absolute atomic E-state index is 15.0. The van der Waals surface area contributed by atoms with Crippen molar-refractivity contribution >= 4 is 36.7 Å². The average Bonchev–Trinajstić information content (AvgIpc) is 3.81. The van der Waals surface area contributed by atoms with Gasteiger partial charge in [-0.25, -0.2) is 9.55 Å². The van der Waals surface area contributed by atoms with Crippen LogP contribution in [0.25, 0.3) is 11.2 Å². The third-order valence-corrected chi connectivity index (χ3v) is 11.7. The fourth-order valence-electron chi connectivity index (χ4n) is 6.68. The Labute approximate surface area is 339 Å². The van der Waals surface area contributed by atoms with E-state index in [0.29, 0.717) is 6.42 Å². The van der Waals surface area contributed by atoms with Crippen molar-refractivity contribution in [1.82, 2.24) is 24.6 Å². The quantitative estimate of drug-likeness (QED) is 0.0243. The molecule has 1 saturated heterocycles. The number of esters is 2. The average molecular weight is 821 g/mol. The van der Waals surface area contributed by atoms with Gasteiger partial charge in [-0.2, -0.15) is 19.4 Å². The number of para-hydroxylation sites is 1. The van der Waals surface area contributed by atoms with Gasteiger partial charge in [0.1, 0.15) is 30.7 Å². The molecule has 2 aromatic heterocycles. The normalized spacial score (nSPS) is 19.4. The van der Waals surface area contributed by atoms with Gasteiger partial charge in [0, 0.05) is 12.8 Å². The number of nitrogens with two attached hydrogens (primary N) is 1. The zero-order valence-electron chi connectivity index (χ0n) is 33.4. The van der Waals surface area contributed by atoms with Gasteiger partial charge in [0.15, 0.2) is 22.6 Å². The molecule has 2 aromatic carbocycles. The highest BCUT2D eigenvalue weighted by molar-refractivity contribution is 7.52. The molecular formula is C42H54FN6O8P. The van der Waals surface area contributed by atoms with Gasteiger partial charge in [-0.3, -0.25) is 18.7 Å². The first kappa shape index (κ1) is 44.2. The number of anilines is 1. The number of carbonyl (C=O) groups is 2. The number of benzene rings is 2. The largest absolute Gasteiger partial charge is 0.464 e. The molecule has 1 aliphatic rings. The molecule has 0 radical (unpaired) electrons. The van der Waals surface area contributed by atoms with Crippen LogP contribution in [0.15, 0.2) is 67.0 Å². The van der Waals surface area contributed by atoms with Crippen LogP contribution in [0, 0.1) is 24.3 Å². The fraction of sp³-hybridized carbons (Fsp3) is 0.500. The number of imidazole rings is 1. The van der Waals surface area contributed by atoms with Gasteiger partial charge in [0.25, 0.3) is 0 Å². The van der Waals surface area contributed by atoms with Crippen LogP contribution in [0.2, 0.25) is 0 Å². The number of terminal acetylenes is 1. The molecule has 5 atom stereocenters. The number of hydrogen-bond acceptors (Lipinski definition) is 12. The number of ether oxygens (including phenoxy) is 3. The van der Waals surface area contributed by atoms with E-state index in [0.717, 1.165) is 50.5 Å². The molecular weight excluding hydrogens is 766 g/mol. The molecule has 0 bridgehead atoms. The third kappa shape index (κ3) is 11.9. The van der Waals surface area contributed by atoms with E-state index in [1.54, 1.807) is 30.3 Å². The Balaban J connectivity index is 1.45. The minimum atomic E-state index is -4.55. The van der Waals surface area contributed by atoms with Crippen LogP contribution in [0.1, 0.15) is 96.8 Å². The van der Waals surface area contributed by atoms with E-state index < -0.39 is 56.3 Å². The zero-order valence-corrected chi connectivity index (χ0v) is 34.3. The summed E-state index contributed by atoms with van der Waals surface area (Å²) < 4.78 is 61.2. The standard InChI is InChI=1S/C42H54FN6O8P/c1-5-9-10-11-12-19-24-36(50)55-34-26-35(49-29-45-37-38(44)46-41(43)47-39(37)49)56-42(34,8-4)28-54-58(52,57-32-22-17-14-18-23-32)48-33(25-31-20-15-13-16-21-31)40(51)53-27-30(6-2)7-3/h4,13-18,20-23,29-30,33-35H,5-7,9-12,19,24-28H2,1-3H3,(H,48,52)(H2,44,46,47)/t33-,34-,35+,42+,58-/m0/s1. The van der Waals surface area contributed by atoms with Crippen molar-refractivity contribution in [2.75, 3.05) is 18.9 Å². The highest BCUT2D eigenvalue weighted by Gasteiger charge is 2.53. The van der Waals surface area contributed by atoms with Crippen molar-refractivity contribution in [3.05, 3.63) is 78.6 Å². The number of halogens is 1. The van der Waals surface area contributed by atoms with E-state index in [-0.39, 0.29) is 54.5 Å². The zero-order chi connectivity index (χ0) is 41.5. The number of nitrogens with zero attached hydrogens (tertiary/aromatic N) is 4. The molecule has 0 unspecified atom stereocenters. The van der Waals surface area contributed by atoms with Crippen molar-refractivity contribution in [1.29, 1.82) is 0 Å². The Bertz CT molecular complexity index is 2030. The van der Waals surface area contributed by atoms with Crippen molar-refractivity contribution in [3.63, 3.8) is 0 Å². The first-order valence-electron chi connectivity index (χ1n) is 20.0. The number of aromatic nitrogens is 4. The molecule has 14 nitrogen and oxygen atoms in total. The van der Waals surface area contributed by atoms with Crippen LogP contribution in [0.3, 0.4) is 0 Å². The molecule has 3 heterocycles. The molecule has 1 fully saturated rings. The SMILES string of the molecule is C#C[C@]1(CO[P@@](=O)(N[C@@H](Cc2ccccc2)C(=O)OCC(CC)CC)Oc2ccccc2)O[C@@H](n2cnc3c(N)nc(F)nc32)C[C@@H]1OC(=O)CCCCCCCC. The maximum Gasteiger partial charge on any atom is 0.459 e. The van der Waals surface area contributed by atoms with Crippen molar-refractivity contribution < 1.29 is 41.8 Å². The van der Waals surface area contributed by atoms with Gasteiger partial charge in [0.05, 0.1) is 12.9 Å². The van der Waals surface area contributed by atoms with E-state index in [1.165, 1.54) is 10.9 Å². The Kier molecular flexibility index (Phi) is 16.2. The summed E-state index contributed by atoms with van der Waals surface area (Å²) >= 11 is 0. The summed E-state index contributed by atoms with van der Waals surface area (Å²) in [5.74, 6) is 1.57. The van der Waals surface area contributed by atoms with E-state index in [2.05, 4.69) is 32.9 Å². The van der Waals surface area contributed by atoms with Crippen LogP contribution in [0.4, 0.5) is 10.2 Å². The summed E-state index contributed by atoms with van der Waals surface area (Å²) in [6, 6.07) is 16.3. The Morgan fingerprint density at radius 1 is 1.05 bits per heavy atom. The predicted octanol–water partition coefficient (Wildman–Crippen LogP) is 7.88. The lowest BCUT2D eigenvalue weighted by Gasteiger charge is -2.31. The van der Waals surface area contributed by atoms with Crippen molar-refractivity contribution in [2.24, 2.45) is 5.92 Å². The molecule has 1 aliphatic heterocycles. The molecule has 16 heteroatoms.